The number of carbonyl (C=O) groups excluding carboxylic acids is 2. The minimum absolute atomic E-state index is 0.135. The maximum Gasteiger partial charge on any atom is 0.319 e. The predicted octanol–water partition coefficient (Wildman–Crippen LogP) is 2.27. The molecule has 0 aliphatic carbocycles. The Bertz CT molecular complexity index is 1020. The van der Waals surface area contributed by atoms with Crippen molar-refractivity contribution in [3.05, 3.63) is 48.0 Å². The molecular formula is C24H29N3O7. The van der Waals surface area contributed by atoms with Crippen LogP contribution in [0.1, 0.15) is 29.6 Å². The molecule has 10 heteroatoms. The van der Waals surface area contributed by atoms with E-state index in [1.807, 2.05) is 6.07 Å². The summed E-state index contributed by atoms with van der Waals surface area (Å²) in [5, 5.41) is 18.3. The van der Waals surface area contributed by atoms with Gasteiger partial charge in [0, 0.05) is 12.1 Å². The summed E-state index contributed by atoms with van der Waals surface area (Å²) in [4.78, 5) is 24.9. The van der Waals surface area contributed by atoms with Crippen molar-refractivity contribution in [2.45, 2.75) is 37.5 Å². The SMILES string of the molecule is COc1ccccc1NC(=O)N[C@@H]1CC[C@H](CCNC(=O)c2ccc3c(c2)OCO3)O[C@H]1CO. The topological polar surface area (TPSA) is 127 Å². The molecule has 34 heavy (non-hydrogen) atoms. The zero-order valence-electron chi connectivity index (χ0n) is 18.9. The number of nitrogens with one attached hydrogen (secondary N) is 3. The van der Waals surface area contributed by atoms with E-state index in [0.717, 1.165) is 0 Å². The normalized spacial score (nSPS) is 20.9. The molecule has 3 atom stereocenters. The second-order valence-electron chi connectivity index (χ2n) is 8.07. The van der Waals surface area contributed by atoms with Crippen LogP contribution in [0.5, 0.6) is 17.2 Å². The summed E-state index contributed by atoms with van der Waals surface area (Å²) in [6.07, 6.45) is 1.25. The Balaban J connectivity index is 1.22. The Morgan fingerprint density at radius 3 is 2.76 bits per heavy atom. The zero-order valence-corrected chi connectivity index (χ0v) is 18.9. The molecule has 0 saturated carbocycles. The first-order chi connectivity index (χ1) is 16.6. The van der Waals surface area contributed by atoms with Gasteiger partial charge in [0.2, 0.25) is 6.79 Å². The molecule has 1 saturated heterocycles. The Labute approximate surface area is 197 Å². The fourth-order valence-electron chi connectivity index (χ4n) is 4.07. The molecule has 2 aromatic carbocycles. The predicted molar refractivity (Wildman–Crippen MR) is 123 cm³/mol. The van der Waals surface area contributed by atoms with Gasteiger partial charge in [0.15, 0.2) is 11.5 Å². The lowest BCUT2D eigenvalue weighted by Crippen LogP contribution is -2.52. The molecule has 182 valence electrons. The molecule has 4 rings (SSSR count). The van der Waals surface area contributed by atoms with Crippen LogP contribution in [0.3, 0.4) is 0 Å². The molecule has 0 unspecified atom stereocenters. The summed E-state index contributed by atoms with van der Waals surface area (Å²) < 4.78 is 21.8. The second-order valence-corrected chi connectivity index (χ2v) is 8.07. The third-order valence-electron chi connectivity index (χ3n) is 5.85. The maximum absolute atomic E-state index is 12.5. The molecule has 0 aromatic heterocycles. The number of urea groups is 1. The molecule has 0 spiro atoms. The van der Waals surface area contributed by atoms with E-state index in [-0.39, 0.29) is 31.5 Å². The number of ether oxygens (including phenoxy) is 4. The summed E-state index contributed by atoms with van der Waals surface area (Å²) in [5.74, 6) is 1.53. The Kier molecular flexibility index (Phi) is 7.71. The number of benzene rings is 2. The molecule has 0 radical (unpaired) electrons. The third kappa shape index (κ3) is 5.70. The molecule has 10 nitrogen and oxygen atoms in total. The van der Waals surface area contributed by atoms with E-state index in [0.29, 0.717) is 54.3 Å². The number of aliphatic hydroxyl groups is 1. The van der Waals surface area contributed by atoms with Gasteiger partial charge in [-0.1, -0.05) is 12.1 Å². The van der Waals surface area contributed by atoms with Gasteiger partial charge in [-0.2, -0.15) is 0 Å². The average molecular weight is 472 g/mol. The van der Waals surface area contributed by atoms with Crippen molar-refractivity contribution in [2.24, 2.45) is 0 Å². The van der Waals surface area contributed by atoms with Crippen molar-refractivity contribution in [3.8, 4) is 17.2 Å². The maximum atomic E-state index is 12.5. The number of para-hydroxylation sites is 2. The van der Waals surface area contributed by atoms with Crippen LogP contribution in [0.15, 0.2) is 42.5 Å². The summed E-state index contributed by atoms with van der Waals surface area (Å²) in [6.45, 7) is 0.353. The molecule has 0 bridgehead atoms. The molecular weight excluding hydrogens is 442 g/mol. The molecule has 2 aromatic rings. The van der Waals surface area contributed by atoms with E-state index in [1.54, 1.807) is 36.4 Å². The van der Waals surface area contributed by atoms with Gasteiger partial charge >= 0.3 is 6.03 Å². The van der Waals surface area contributed by atoms with Crippen molar-refractivity contribution in [3.63, 3.8) is 0 Å². The highest BCUT2D eigenvalue weighted by Gasteiger charge is 2.32. The quantitative estimate of drug-likeness (QED) is 0.465. The fraction of sp³-hybridized carbons (Fsp3) is 0.417. The molecule has 2 heterocycles. The average Bonchev–Trinajstić information content (AvgIpc) is 3.33. The van der Waals surface area contributed by atoms with Crippen LogP contribution < -0.4 is 30.2 Å². The third-order valence-corrected chi connectivity index (χ3v) is 5.85. The number of anilines is 1. The first kappa shape index (κ1) is 23.7. The smallest absolute Gasteiger partial charge is 0.319 e. The second kappa shape index (κ2) is 11.1. The number of hydrogen-bond donors (Lipinski definition) is 4. The first-order valence-corrected chi connectivity index (χ1v) is 11.2. The van der Waals surface area contributed by atoms with Crippen molar-refractivity contribution in [1.29, 1.82) is 0 Å². The summed E-state index contributed by atoms with van der Waals surface area (Å²) in [5.41, 5.74) is 1.04. The van der Waals surface area contributed by atoms with E-state index in [9.17, 15) is 14.7 Å². The van der Waals surface area contributed by atoms with Gasteiger partial charge < -0.3 is 40.0 Å². The van der Waals surface area contributed by atoms with Crippen LogP contribution in [0.2, 0.25) is 0 Å². The van der Waals surface area contributed by atoms with E-state index < -0.39 is 12.1 Å². The lowest BCUT2D eigenvalue weighted by molar-refractivity contribution is -0.0886. The number of fused-ring (bicyclic) bond motifs is 1. The Morgan fingerprint density at radius 1 is 1.12 bits per heavy atom. The molecule has 2 aliphatic rings. The minimum Gasteiger partial charge on any atom is -0.495 e. The Hall–Kier alpha value is -3.50. The standard InChI is InChI=1S/C24H29N3O7/c1-31-19-5-3-2-4-17(19)26-24(30)27-18-8-7-16(34-22(18)13-28)10-11-25-23(29)15-6-9-20-21(12-15)33-14-32-20/h2-6,9,12,16,18,22,28H,7-8,10-11,13-14H2,1H3,(H,25,29)(H2,26,27,30)/t16-,18-,22+/m1/s1. The highest BCUT2D eigenvalue weighted by molar-refractivity contribution is 5.95. The van der Waals surface area contributed by atoms with E-state index in [2.05, 4.69) is 16.0 Å². The van der Waals surface area contributed by atoms with Gasteiger partial charge in [-0.25, -0.2) is 4.79 Å². The van der Waals surface area contributed by atoms with Crippen molar-refractivity contribution in [1.82, 2.24) is 10.6 Å². The molecule has 1 fully saturated rings. The first-order valence-electron chi connectivity index (χ1n) is 11.2. The highest BCUT2D eigenvalue weighted by Crippen LogP contribution is 2.32. The van der Waals surface area contributed by atoms with Gasteiger partial charge in [-0.3, -0.25) is 4.79 Å². The number of carbonyl (C=O) groups is 2. The van der Waals surface area contributed by atoms with Crippen molar-refractivity contribution < 1.29 is 33.6 Å². The van der Waals surface area contributed by atoms with Crippen molar-refractivity contribution in [2.75, 3.05) is 32.4 Å². The van der Waals surface area contributed by atoms with Gasteiger partial charge in [0.1, 0.15) is 11.9 Å². The van der Waals surface area contributed by atoms with E-state index >= 15 is 0 Å². The van der Waals surface area contributed by atoms with Crippen LogP contribution in [0, 0.1) is 0 Å². The summed E-state index contributed by atoms with van der Waals surface area (Å²) in [6, 6.07) is 11.4. The van der Waals surface area contributed by atoms with Crippen LogP contribution >= 0.6 is 0 Å². The number of hydrogen-bond acceptors (Lipinski definition) is 7. The summed E-state index contributed by atoms with van der Waals surface area (Å²) >= 11 is 0. The van der Waals surface area contributed by atoms with E-state index in [4.69, 9.17) is 18.9 Å². The fourth-order valence-corrected chi connectivity index (χ4v) is 4.07. The number of methoxy groups -OCH3 is 1. The number of aliphatic hydroxyl groups excluding tert-OH is 1. The van der Waals surface area contributed by atoms with Gasteiger partial charge in [0.05, 0.1) is 31.5 Å². The monoisotopic (exact) mass is 471 g/mol. The van der Waals surface area contributed by atoms with Crippen LogP contribution in [-0.4, -0.2) is 62.3 Å². The number of rotatable bonds is 8. The zero-order chi connectivity index (χ0) is 23.9. The molecule has 3 amide bonds. The van der Waals surface area contributed by atoms with E-state index in [1.165, 1.54) is 7.11 Å². The molecule has 2 aliphatic heterocycles. The lowest BCUT2D eigenvalue weighted by Gasteiger charge is -2.36. The minimum atomic E-state index is -0.535. The van der Waals surface area contributed by atoms with Crippen LogP contribution in [-0.2, 0) is 4.74 Å². The Morgan fingerprint density at radius 2 is 1.94 bits per heavy atom. The molecule has 4 N–H and O–H groups in total. The van der Waals surface area contributed by atoms with Gasteiger partial charge in [-0.15, -0.1) is 0 Å². The van der Waals surface area contributed by atoms with Crippen LogP contribution in [0.4, 0.5) is 10.5 Å². The van der Waals surface area contributed by atoms with Gasteiger partial charge in [0.25, 0.3) is 5.91 Å². The lowest BCUT2D eigenvalue weighted by atomic mass is 9.97. The highest BCUT2D eigenvalue weighted by atomic mass is 16.7. The van der Waals surface area contributed by atoms with Crippen molar-refractivity contribution >= 4 is 17.6 Å². The summed E-state index contributed by atoms with van der Waals surface area (Å²) in [7, 11) is 1.53. The van der Waals surface area contributed by atoms with Gasteiger partial charge in [-0.05, 0) is 49.6 Å². The van der Waals surface area contributed by atoms with Crippen LogP contribution in [0.25, 0.3) is 0 Å². The number of amides is 3. The largest absolute Gasteiger partial charge is 0.495 e.